The van der Waals surface area contributed by atoms with Gasteiger partial charge in [-0.1, -0.05) is 0 Å². The summed E-state index contributed by atoms with van der Waals surface area (Å²) >= 11 is 8.79. The van der Waals surface area contributed by atoms with Crippen LogP contribution in [0.4, 0.5) is 0 Å². The Balaban J connectivity index is -0.0000000115. The molecule has 0 saturated carbocycles. The molecule has 0 fully saturated rings. The molecule has 1 radical (unpaired) electrons. The fraction of sp³-hybridized carbons (Fsp3) is 0.286. The summed E-state index contributed by atoms with van der Waals surface area (Å²) in [5, 5.41) is 22.2. The summed E-state index contributed by atoms with van der Waals surface area (Å²) in [7, 11) is 2.25. The average molecular weight is 396 g/mol. The molecule has 0 aliphatic heterocycles. The maximum Gasteiger partial charge on any atom is 3.00 e. The van der Waals surface area contributed by atoms with Crippen molar-refractivity contribution in [1.82, 2.24) is 5.32 Å². The Morgan fingerprint density at radius 1 is 1.17 bits per heavy atom. The predicted octanol–water partition coefficient (Wildman–Crippen LogP) is -2.12. The second kappa shape index (κ2) is 242. The van der Waals surface area contributed by atoms with Gasteiger partial charge in [0.25, 0.3) is 0 Å². The number of aliphatic hydroxyl groups excluding tert-OH is 1. The van der Waals surface area contributed by atoms with Gasteiger partial charge in [-0.15, -0.1) is 0 Å². The van der Waals surface area contributed by atoms with Gasteiger partial charge < -0.3 is 33.6 Å². The molecule has 105 valence electrons. The zero-order valence-corrected chi connectivity index (χ0v) is 14.2. The molecule has 0 aliphatic carbocycles. The van der Waals surface area contributed by atoms with Gasteiger partial charge in [-0.25, -0.2) is 12.4 Å². The van der Waals surface area contributed by atoms with Crippen LogP contribution in [0.2, 0.25) is 0 Å². The van der Waals surface area contributed by atoms with E-state index >= 15 is 0 Å². The van der Waals surface area contributed by atoms with Crippen molar-refractivity contribution in [3.05, 3.63) is 26.9 Å². The first-order valence-electron chi connectivity index (χ1n) is 2.84. The van der Waals surface area contributed by atoms with Gasteiger partial charge in [0, 0.05) is 0 Å². The fourth-order valence-electron chi connectivity index (χ4n) is 0.0625. The monoisotopic (exact) mass is 396 g/mol. The zero-order chi connectivity index (χ0) is 14.8. The first kappa shape index (κ1) is 51.5. The van der Waals surface area contributed by atoms with Crippen molar-refractivity contribution < 1.29 is 48.7 Å². The number of hydrogen-bond donors (Lipinski definition) is 2. The second-order valence-electron chi connectivity index (χ2n) is 0.706. The number of nitrogens with zero attached hydrogens (tertiary/aromatic N) is 2. The standard InChI is InChI=1S/C2H7NS2.2CN.CH2OS.CH3O.CO.2Fe/c4-1-3-2-5;2*1-2;2-1-3;2*1-2;;/h3-5H,1-2H2;;;3H2;2H,1H2;;;/q;2*-1;;-1;;+2;+3/p+2. The molecule has 0 bridgehead atoms. The van der Waals surface area contributed by atoms with Gasteiger partial charge in [0.2, 0.25) is 0 Å². The molecule has 0 aromatic carbocycles. The van der Waals surface area contributed by atoms with Gasteiger partial charge >= 0.3 is 45.4 Å². The Hall–Kier alpha value is 0.399. The summed E-state index contributed by atoms with van der Waals surface area (Å²) < 4.78 is 7.50. The van der Waals surface area contributed by atoms with E-state index in [1.807, 2.05) is 0 Å². The number of hydrogen-bond acceptors (Lipinski definition) is 5. The molecule has 2 N–H and O–H groups in total. The van der Waals surface area contributed by atoms with Gasteiger partial charge in [-0.3, -0.25) is 0 Å². The van der Waals surface area contributed by atoms with E-state index in [-0.39, 0.29) is 34.1 Å². The molecule has 0 spiro atoms. The van der Waals surface area contributed by atoms with E-state index < -0.39 is 0 Å². The van der Waals surface area contributed by atoms with Crippen molar-refractivity contribution in [2.45, 2.75) is 0 Å². The third-order valence-corrected chi connectivity index (χ3v) is 0.750. The summed E-state index contributed by atoms with van der Waals surface area (Å²) in [6.45, 7) is 14.0. The Morgan fingerprint density at radius 2 is 1.28 bits per heavy atom. The topological polar surface area (TPSA) is 117 Å². The maximum absolute atomic E-state index is 8.59. The minimum atomic E-state index is 0. The third kappa shape index (κ3) is 676. The van der Waals surface area contributed by atoms with Gasteiger partial charge in [0.05, 0.1) is 0 Å². The summed E-state index contributed by atoms with van der Waals surface area (Å²) in [6.07, 6.45) is 0. The normalized spacial score (nSPS) is 3.72. The summed E-state index contributed by atoms with van der Waals surface area (Å²) in [6, 6.07) is 0. The zero-order valence-electron chi connectivity index (χ0n) is 8.99. The minimum Gasteiger partial charge on any atom is -0.569 e. The Morgan fingerprint density at radius 3 is 1.28 bits per heavy atom. The molecular formula is C7H14Fe2N3O3S3+4. The smallest absolute Gasteiger partial charge is 0.569 e. The summed E-state index contributed by atoms with van der Waals surface area (Å²) in [5.41, 5.74) is 1.31. The van der Waals surface area contributed by atoms with Gasteiger partial charge in [0.15, 0.2) is 11.8 Å². The molecular weight excluding hydrogens is 382 g/mol. The van der Waals surface area contributed by atoms with Crippen LogP contribution in [-0.4, -0.2) is 22.5 Å². The van der Waals surface area contributed by atoms with Crippen molar-refractivity contribution >= 4 is 43.5 Å². The van der Waals surface area contributed by atoms with Crippen LogP contribution in [0.3, 0.4) is 0 Å². The van der Waals surface area contributed by atoms with Gasteiger partial charge in [-0.05, 0) is 30.9 Å². The van der Waals surface area contributed by atoms with E-state index in [4.69, 9.17) is 38.2 Å². The van der Waals surface area contributed by atoms with E-state index in [1.54, 1.807) is 0 Å². The third-order valence-electron chi connectivity index (χ3n) is 0.250. The number of rotatable bonds is 2. The molecule has 18 heavy (non-hydrogen) atoms. The second-order valence-corrected chi connectivity index (χ2v) is 1.62. The van der Waals surface area contributed by atoms with Crippen LogP contribution in [0.15, 0.2) is 0 Å². The van der Waals surface area contributed by atoms with Crippen molar-refractivity contribution in [1.29, 1.82) is 10.5 Å². The van der Waals surface area contributed by atoms with Crippen molar-refractivity contribution in [3.8, 4) is 0 Å². The SMILES string of the molecule is O=[C-][SH2+].[C-]#N.[C-]#N.[C-]#[O+].[CH2-]O.[Fe+2].[Fe+3].[SH2+]CNC[SH2+]. The van der Waals surface area contributed by atoms with E-state index in [1.165, 1.54) is 5.62 Å². The van der Waals surface area contributed by atoms with Gasteiger partial charge in [0.1, 0.15) is 0 Å². The Bertz CT molecular complexity index is 124. The quantitative estimate of drug-likeness (QED) is 0.315. The fourth-order valence-corrected chi connectivity index (χ4v) is 0.562. The summed E-state index contributed by atoms with van der Waals surface area (Å²) in [4.78, 5) is 8.59. The van der Waals surface area contributed by atoms with Gasteiger partial charge in [-0.2, -0.15) is 12.6 Å². The number of carbonyl (C=O) groups excluding carboxylic acids is 1. The average Bonchev–Trinajstić information content (AvgIpc) is 2.41. The Kier molecular flexibility index (Phi) is 692. The number of nitrogens with one attached hydrogen (secondary N) is 1. The molecule has 11 heteroatoms. The first-order valence-corrected chi connectivity index (χ1v) is 4.75. The molecule has 0 aromatic heterocycles. The number of aliphatic hydroxyl groups is 1. The first-order chi connectivity index (χ1) is 7.83. The van der Waals surface area contributed by atoms with Crippen LogP contribution in [0.5, 0.6) is 0 Å². The predicted molar refractivity (Wildman–Crippen MR) is 70.2 cm³/mol. The van der Waals surface area contributed by atoms with Crippen LogP contribution >= 0.6 is 0 Å². The largest absolute Gasteiger partial charge is 3.00 e. The van der Waals surface area contributed by atoms with E-state index in [2.05, 4.69) is 57.0 Å². The molecule has 0 heterocycles. The summed E-state index contributed by atoms with van der Waals surface area (Å²) in [5.74, 6) is 1.70. The molecule has 6 nitrogen and oxygen atoms in total. The van der Waals surface area contributed by atoms with Crippen molar-refractivity contribution in [3.63, 3.8) is 0 Å². The van der Waals surface area contributed by atoms with Crippen LogP contribution < -0.4 is 5.32 Å². The molecule has 0 saturated heterocycles. The molecule has 0 atom stereocenters. The van der Waals surface area contributed by atoms with Crippen molar-refractivity contribution in [2.24, 2.45) is 0 Å². The molecule has 0 unspecified atom stereocenters. The van der Waals surface area contributed by atoms with E-state index in [0.717, 1.165) is 11.8 Å². The van der Waals surface area contributed by atoms with Crippen LogP contribution in [0.25, 0.3) is 0 Å². The molecule has 0 aliphatic rings. The minimum absolute atomic E-state index is 0. The van der Waals surface area contributed by atoms with Crippen LogP contribution in [-0.2, 0) is 81.5 Å². The van der Waals surface area contributed by atoms with E-state index in [9.17, 15) is 0 Å². The molecule has 0 aromatic rings. The molecule has 0 amide bonds. The van der Waals surface area contributed by atoms with Crippen LogP contribution in [0.1, 0.15) is 0 Å². The van der Waals surface area contributed by atoms with E-state index in [0.29, 0.717) is 0 Å². The van der Waals surface area contributed by atoms with Crippen molar-refractivity contribution in [2.75, 3.05) is 11.8 Å². The maximum atomic E-state index is 8.59. The Labute approximate surface area is 146 Å². The van der Waals surface area contributed by atoms with Crippen LogP contribution in [0, 0.1) is 37.4 Å². The molecule has 0 rings (SSSR count).